The number of hydrogen-bond acceptors (Lipinski definition) is 2. The predicted octanol–water partition coefficient (Wildman–Crippen LogP) is 2.62. The van der Waals surface area contributed by atoms with Gasteiger partial charge in [-0.1, -0.05) is 31.2 Å². The summed E-state index contributed by atoms with van der Waals surface area (Å²) in [5.74, 6) is 0. The molecule has 1 N–H and O–H groups in total. The second-order valence-electron chi connectivity index (χ2n) is 6.50. The van der Waals surface area contributed by atoms with Gasteiger partial charge in [-0.2, -0.15) is 0 Å². The van der Waals surface area contributed by atoms with Crippen LogP contribution in [0, 0.1) is 0 Å². The molecule has 2 nitrogen and oxygen atoms in total. The Morgan fingerprint density at radius 2 is 1.95 bits per heavy atom. The Balaban J connectivity index is 1.73. The first kappa shape index (κ1) is 13.1. The van der Waals surface area contributed by atoms with Crippen molar-refractivity contribution in [2.45, 2.75) is 51.1 Å². The molecule has 3 rings (SSSR count). The second kappa shape index (κ2) is 5.26. The summed E-state index contributed by atoms with van der Waals surface area (Å²) in [6.07, 6.45) is 4.98. The molecule has 1 unspecified atom stereocenters. The Bertz CT molecular complexity index is 418. The predicted molar refractivity (Wildman–Crippen MR) is 80.5 cm³/mol. The van der Waals surface area contributed by atoms with E-state index in [9.17, 15) is 0 Å². The highest BCUT2D eigenvalue weighted by Gasteiger charge is 2.33. The van der Waals surface area contributed by atoms with Gasteiger partial charge in [0, 0.05) is 18.1 Å². The average molecular weight is 258 g/mol. The van der Waals surface area contributed by atoms with E-state index in [1.165, 1.54) is 45.3 Å². The molecule has 0 bridgehead atoms. The zero-order valence-electron chi connectivity index (χ0n) is 12.3. The standard InChI is InChI=1S/C17H26N2/c1-3-17(2)13-19(10-6-9-18-17)16-11-14-7-4-5-8-15(14)12-16/h4-5,7-8,16,18H,3,6,9-13H2,1-2H3. The quantitative estimate of drug-likeness (QED) is 0.877. The van der Waals surface area contributed by atoms with Crippen molar-refractivity contribution < 1.29 is 0 Å². The third kappa shape index (κ3) is 2.70. The molecule has 104 valence electrons. The maximum absolute atomic E-state index is 3.74. The van der Waals surface area contributed by atoms with E-state index in [2.05, 4.69) is 48.3 Å². The molecule has 1 aromatic rings. The van der Waals surface area contributed by atoms with Crippen LogP contribution in [0.25, 0.3) is 0 Å². The summed E-state index contributed by atoms with van der Waals surface area (Å²) in [6, 6.07) is 9.71. The summed E-state index contributed by atoms with van der Waals surface area (Å²) in [5, 5.41) is 3.74. The van der Waals surface area contributed by atoms with Crippen molar-refractivity contribution in [3.8, 4) is 0 Å². The lowest BCUT2D eigenvalue weighted by atomic mass is 9.97. The van der Waals surface area contributed by atoms with Gasteiger partial charge in [0.05, 0.1) is 0 Å². The third-order valence-electron chi connectivity index (χ3n) is 5.05. The van der Waals surface area contributed by atoms with Crippen LogP contribution in [-0.4, -0.2) is 36.1 Å². The number of benzene rings is 1. The second-order valence-corrected chi connectivity index (χ2v) is 6.50. The third-order valence-corrected chi connectivity index (χ3v) is 5.05. The van der Waals surface area contributed by atoms with Crippen LogP contribution < -0.4 is 5.32 Å². The molecule has 2 aliphatic rings. The molecule has 19 heavy (non-hydrogen) atoms. The first-order chi connectivity index (χ1) is 9.20. The maximum Gasteiger partial charge on any atom is 0.0277 e. The van der Waals surface area contributed by atoms with Gasteiger partial charge in [0.25, 0.3) is 0 Å². The smallest absolute Gasteiger partial charge is 0.0277 e. The van der Waals surface area contributed by atoms with Gasteiger partial charge < -0.3 is 5.32 Å². The van der Waals surface area contributed by atoms with Gasteiger partial charge >= 0.3 is 0 Å². The van der Waals surface area contributed by atoms with Crippen molar-refractivity contribution in [3.63, 3.8) is 0 Å². The Morgan fingerprint density at radius 3 is 2.58 bits per heavy atom. The summed E-state index contributed by atoms with van der Waals surface area (Å²) in [6.45, 7) is 8.30. The Labute approximate surface area is 117 Å². The lowest BCUT2D eigenvalue weighted by Crippen LogP contribution is -2.51. The lowest BCUT2D eigenvalue weighted by Gasteiger charge is -2.35. The summed E-state index contributed by atoms with van der Waals surface area (Å²) < 4.78 is 0. The van der Waals surface area contributed by atoms with Crippen LogP contribution in [0.15, 0.2) is 24.3 Å². The normalized spacial score (nSPS) is 29.2. The van der Waals surface area contributed by atoms with E-state index in [0.717, 1.165) is 6.04 Å². The zero-order valence-corrected chi connectivity index (χ0v) is 12.3. The lowest BCUT2D eigenvalue weighted by molar-refractivity contribution is 0.163. The number of nitrogens with one attached hydrogen (secondary N) is 1. The molecule has 1 heterocycles. The van der Waals surface area contributed by atoms with Gasteiger partial charge in [-0.15, -0.1) is 0 Å². The Kier molecular flexibility index (Phi) is 3.64. The van der Waals surface area contributed by atoms with Crippen LogP contribution in [0.1, 0.15) is 37.8 Å². The molecule has 1 atom stereocenters. The first-order valence-corrected chi connectivity index (χ1v) is 7.76. The largest absolute Gasteiger partial charge is 0.310 e. The molecule has 2 heteroatoms. The van der Waals surface area contributed by atoms with Crippen molar-refractivity contribution in [1.29, 1.82) is 0 Å². The highest BCUT2D eigenvalue weighted by Crippen LogP contribution is 2.27. The highest BCUT2D eigenvalue weighted by molar-refractivity contribution is 5.33. The van der Waals surface area contributed by atoms with Crippen LogP contribution in [0.5, 0.6) is 0 Å². The fourth-order valence-corrected chi connectivity index (χ4v) is 3.60. The number of rotatable bonds is 2. The molecule has 0 saturated carbocycles. The number of nitrogens with zero attached hydrogens (tertiary/aromatic N) is 1. The van der Waals surface area contributed by atoms with E-state index in [1.54, 1.807) is 11.1 Å². The van der Waals surface area contributed by atoms with Gasteiger partial charge in [-0.25, -0.2) is 0 Å². The monoisotopic (exact) mass is 258 g/mol. The van der Waals surface area contributed by atoms with Gasteiger partial charge in [0.1, 0.15) is 0 Å². The van der Waals surface area contributed by atoms with Crippen molar-refractivity contribution in [3.05, 3.63) is 35.4 Å². The molecule has 1 aliphatic heterocycles. The van der Waals surface area contributed by atoms with Gasteiger partial charge in [0.15, 0.2) is 0 Å². The summed E-state index contributed by atoms with van der Waals surface area (Å²) in [5.41, 5.74) is 3.44. The minimum Gasteiger partial charge on any atom is -0.310 e. The number of hydrogen-bond donors (Lipinski definition) is 1. The molecule has 1 saturated heterocycles. The molecule has 0 aromatic heterocycles. The Hall–Kier alpha value is -0.860. The van der Waals surface area contributed by atoms with Crippen LogP contribution in [0.3, 0.4) is 0 Å². The van der Waals surface area contributed by atoms with E-state index in [-0.39, 0.29) is 0 Å². The minimum absolute atomic E-state index is 0.297. The van der Waals surface area contributed by atoms with E-state index < -0.39 is 0 Å². The van der Waals surface area contributed by atoms with Gasteiger partial charge in [-0.05, 0) is 56.8 Å². The zero-order chi connectivity index (χ0) is 13.3. The first-order valence-electron chi connectivity index (χ1n) is 7.76. The van der Waals surface area contributed by atoms with Crippen LogP contribution >= 0.6 is 0 Å². The fourth-order valence-electron chi connectivity index (χ4n) is 3.60. The van der Waals surface area contributed by atoms with Crippen LogP contribution in [0.4, 0.5) is 0 Å². The summed E-state index contributed by atoms with van der Waals surface area (Å²) >= 11 is 0. The maximum atomic E-state index is 3.74. The topological polar surface area (TPSA) is 15.3 Å². The molecule has 1 aliphatic carbocycles. The minimum atomic E-state index is 0.297. The van der Waals surface area contributed by atoms with Crippen molar-refractivity contribution in [2.24, 2.45) is 0 Å². The summed E-state index contributed by atoms with van der Waals surface area (Å²) in [4.78, 5) is 2.74. The van der Waals surface area contributed by atoms with Crippen molar-refractivity contribution >= 4 is 0 Å². The molecular weight excluding hydrogens is 232 g/mol. The highest BCUT2D eigenvalue weighted by atomic mass is 15.2. The molecule has 1 fully saturated rings. The van der Waals surface area contributed by atoms with E-state index in [4.69, 9.17) is 0 Å². The van der Waals surface area contributed by atoms with E-state index >= 15 is 0 Å². The Morgan fingerprint density at radius 1 is 1.26 bits per heavy atom. The van der Waals surface area contributed by atoms with Crippen LogP contribution in [-0.2, 0) is 12.8 Å². The molecule has 0 amide bonds. The molecule has 0 spiro atoms. The van der Waals surface area contributed by atoms with Crippen LogP contribution in [0.2, 0.25) is 0 Å². The average Bonchev–Trinajstić information content (AvgIpc) is 2.76. The molecular formula is C17H26N2. The molecule has 0 radical (unpaired) electrons. The molecule has 1 aromatic carbocycles. The van der Waals surface area contributed by atoms with Gasteiger partial charge in [-0.3, -0.25) is 4.90 Å². The van der Waals surface area contributed by atoms with Crippen molar-refractivity contribution in [1.82, 2.24) is 10.2 Å². The van der Waals surface area contributed by atoms with Gasteiger partial charge in [0.2, 0.25) is 0 Å². The van der Waals surface area contributed by atoms with E-state index in [1.807, 2.05) is 0 Å². The fraction of sp³-hybridized carbons (Fsp3) is 0.647. The summed E-state index contributed by atoms with van der Waals surface area (Å²) in [7, 11) is 0. The SMILES string of the molecule is CCC1(C)CN(C2Cc3ccccc3C2)CCCN1. The van der Waals surface area contributed by atoms with Crippen molar-refractivity contribution in [2.75, 3.05) is 19.6 Å². The number of fused-ring (bicyclic) bond motifs is 1. The van der Waals surface area contributed by atoms with E-state index in [0.29, 0.717) is 5.54 Å².